The molecule has 0 saturated heterocycles. The maximum atomic E-state index is 13.3. The Balaban J connectivity index is 2.65. The highest BCUT2D eigenvalue weighted by molar-refractivity contribution is 5.79. The molecule has 0 heterocycles. The van der Waals surface area contributed by atoms with Gasteiger partial charge >= 0.3 is 0 Å². The molecule has 3 nitrogen and oxygen atoms in total. The second kappa shape index (κ2) is 5.91. The predicted octanol–water partition coefficient (Wildman–Crippen LogP) is 1.78. The van der Waals surface area contributed by atoms with Crippen LogP contribution in [-0.2, 0) is 11.2 Å². The van der Waals surface area contributed by atoms with Gasteiger partial charge in [0.2, 0.25) is 5.91 Å². The van der Waals surface area contributed by atoms with Crippen molar-refractivity contribution in [3.63, 3.8) is 0 Å². The van der Waals surface area contributed by atoms with Crippen molar-refractivity contribution in [2.24, 2.45) is 0 Å². The first-order chi connectivity index (χ1) is 8.34. The lowest BCUT2D eigenvalue weighted by Gasteiger charge is -2.25. The molecule has 0 atom stereocenters. The standard InChI is InChI=1S/C13H17F2NO2/c1-13(2,5-6-17)16-12(18)7-9-3-4-10(14)8-11(9)15/h3-4,8,17H,5-7H2,1-2H3,(H,16,18). The van der Waals surface area contributed by atoms with Crippen LogP contribution in [0.25, 0.3) is 0 Å². The van der Waals surface area contributed by atoms with Gasteiger partial charge in [0.1, 0.15) is 11.6 Å². The van der Waals surface area contributed by atoms with Crippen LogP contribution in [-0.4, -0.2) is 23.2 Å². The number of hydrogen-bond donors (Lipinski definition) is 2. The Morgan fingerprint density at radius 2 is 2.06 bits per heavy atom. The molecule has 1 rings (SSSR count). The highest BCUT2D eigenvalue weighted by atomic mass is 19.1. The number of carbonyl (C=O) groups is 1. The maximum Gasteiger partial charge on any atom is 0.224 e. The zero-order valence-electron chi connectivity index (χ0n) is 10.5. The minimum absolute atomic E-state index is 0.0435. The lowest BCUT2D eigenvalue weighted by atomic mass is 10.0. The molecule has 1 amide bonds. The van der Waals surface area contributed by atoms with Crippen LogP contribution in [0.2, 0.25) is 0 Å². The van der Waals surface area contributed by atoms with Crippen molar-refractivity contribution in [3.8, 4) is 0 Å². The molecule has 0 spiro atoms. The second-order valence-corrected chi connectivity index (χ2v) is 4.82. The number of aliphatic hydroxyl groups excluding tert-OH is 1. The monoisotopic (exact) mass is 257 g/mol. The van der Waals surface area contributed by atoms with E-state index in [9.17, 15) is 13.6 Å². The summed E-state index contributed by atoms with van der Waals surface area (Å²) in [5.41, 5.74) is -0.406. The van der Waals surface area contributed by atoms with Crippen molar-refractivity contribution in [2.75, 3.05) is 6.61 Å². The van der Waals surface area contributed by atoms with Crippen molar-refractivity contribution in [2.45, 2.75) is 32.2 Å². The largest absolute Gasteiger partial charge is 0.396 e. The van der Waals surface area contributed by atoms with Crippen LogP contribution >= 0.6 is 0 Å². The van der Waals surface area contributed by atoms with Crippen LogP contribution in [0.5, 0.6) is 0 Å². The Morgan fingerprint density at radius 1 is 1.39 bits per heavy atom. The van der Waals surface area contributed by atoms with E-state index in [1.807, 2.05) is 0 Å². The number of benzene rings is 1. The number of amides is 1. The summed E-state index contributed by atoms with van der Waals surface area (Å²) >= 11 is 0. The fraction of sp³-hybridized carbons (Fsp3) is 0.462. The topological polar surface area (TPSA) is 49.3 Å². The third-order valence-corrected chi connectivity index (χ3v) is 2.58. The molecule has 18 heavy (non-hydrogen) atoms. The molecule has 1 aromatic carbocycles. The van der Waals surface area contributed by atoms with E-state index < -0.39 is 17.2 Å². The van der Waals surface area contributed by atoms with Gasteiger partial charge in [-0.2, -0.15) is 0 Å². The van der Waals surface area contributed by atoms with Crippen LogP contribution in [0.15, 0.2) is 18.2 Å². The molecule has 0 fully saturated rings. The van der Waals surface area contributed by atoms with Gasteiger partial charge in [0.25, 0.3) is 0 Å². The van der Waals surface area contributed by atoms with E-state index in [0.29, 0.717) is 6.42 Å². The van der Waals surface area contributed by atoms with Crippen LogP contribution in [0, 0.1) is 11.6 Å². The molecule has 2 N–H and O–H groups in total. The Bertz CT molecular complexity index is 433. The molecule has 0 radical (unpaired) electrons. The minimum Gasteiger partial charge on any atom is -0.396 e. The molecule has 0 bridgehead atoms. The van der Waals surface area contributed by atoms with E-state index in [1.54, 1.807) is 13.8 Å². The van der Waals surface area contributed by atoms with Crippen molar-refractivity contribution < 1.29 is 18.7 Å². The number of hydrogen-bond acceptors (Lipinski definition) is 2. The van der Waals surface area contributed by atoms with E-state index in [-0.39, 0.29) is 24.5 Å². The zero-order chi connectivity index (χ0) is 13.8. The van der Waals surface area contributed by atoms with Crippen molar-refractivity contribution in [1.29, 1.82) is 0 Å². The van der Waals surface area contributed by atoms with Crippen LogP contribution in [0.3, 0.4) is 0 Å². The van der Waals surface area contributed by atoms with Crippen LogP contribution < -0.4 is 5.32 Å². The quantitative estimate of drug-likeness (QED) is 0.844. The summed E-state index contributed by atoms with van der Waals surface area (Å²) in [4.78, 5) is 11.7. The summed E-state index contributed by atoms with van der Waals surface area (Å²) in [7, 11) is 0. The summed E-state index contributed by atoms with van der Waals surface area (Å²) < 4.78 is 26.0. The molecule has 0 aliphatic heterocycles. The van der Waals surface area contributed by atoms with E-state index in [2.05, 4.69) is 5.32 Å². The molecule has 1 aromatic rings. The van der Waals surface area contributed by atoms with E-state index in [0.717, 1.165) is 12.1 Å². The van der Waals surface area contributed by atoms with Crippen LogP contribution in [0.1, 0.15) is 25.8 Å². The third-order valence-electron chi connectivity index (χ3n) is 2.58. The highest BCUT2D eigenvalue weighted by Crippen LogP contribution is 2.12. The molecule has 0 aromatic heterocycles. The molecule has 100 valence electrons. The van der Waals surface area contributed by atoms with Gasteiger partial charge in [-0.1, -0.05) is 6.07 Å². The lowest BCUT2D eigenvalue weighted by Crippen LogP contribution is -2.44. The van der Waals surface area contributed by atoms with Gasteiger partial charge in [0, 0.05) is 18.2 Å². The second-order valence-electron chi connectivity index (χ2n) is 4.82. The summed E-state index contributed by atoms with van der Waals surface area (Å²) in [5, 5.41) is 11.5. The number of aliphatic hydroxyl groups is 1. The first-order valence-corrected chi connectivity index (χ1v) is 5.70. The Kier molecular flexibility index (Phi) is 4.78. The SMILES string of the molecule is CC(C)(CCO)NC(=O)Cc1ccc(F)cc1F. The van der Waals surface area contributed by atoms with Crippen molar-refractivity contribution in [1.82, 2.24) is 5.32 Å². The van der Waals surface area contributed by atoms with Gasteiger partial charge in [-0.3, -0.25) is 4.79 Å². The van der Waals surface area contributed by atoms with Gasteiger partial charge in [-0.05, 0) is 31.9 Å². The van der Waals surface area contributed by atoms with E-state index in [4.69, 9.17) is 5.11 Å². The van der Waals surface area contributed by atoms with Gasteiger partial charge in [-0.25, -0.2) is 8.78 Å². The van der Waals surface area contributed by atoms with Crippen LogP contribution in [0.4, 0.5) is 8.78 Å². The molecule has 5 heteroatoms. The van der Waals surface area contributed by atoms with Gasteiger partial charge in [-0.15, -0.1) is 0 Å². The molecular formula is C13H17F2NO2. The lowest BCUT2D eigenvalue weighted by molar-refractivity contribution is -0.122. The third kappa shape index (κ3) is 4.41. The minimum atomic E-state index is -0.731. The average molecular weight is 257 g/mol. The fourth-order valence-electron chi connectivity index (χ4n) is 1.60. The number of halogens is 2. The summed E-state index contributed by atoms with van der Waals surface area (Å²) in [5.74, 6) is -1.76. The Morgan fingerprint density at radius 3 is 2.61 bits per heavy atom. The van der Waals surface area contributed by atoms with E-state index in [1.165, 1.54) is 6.07 Å². The van der Waals surface area contributed by atoms with Gasteiger partial charge < -0.3 is 10.4 Å². The molecular weight excluding hydrogens is 240 g/mol. The summed E-state index contributed by atoms with van der Waals surface area (Å²) in [6.07, 6.45) is 0.256. The van der Waals surface area contributed by atoms with Crippen molar-refractivity contribution >= 4 is 5.91 Å². The number of carbonyl (C=O) groups excluding carboxylic acids is 1. The first kappa shape index (κ1) is 14.6. The summed E-state index contributed by atoms with van der Waals surface area (Å²) in [6, 6.07) is 3.12. The molecule has 0 aliphatic carbocycles. The summed E-state index contributed by atoms with van der Waals surface area (Å²) in [6.45, 7) is 3.49. The Labute approximate surface area is 105 Å². The Hall–Kier alpha value is -1.49. The molecule has 0 saturated carbocycles. The number of rotatable bonds is 5. The first-order valence-electron chi connectivity index (χ1n) is 5.70. The normalized spacial score (nSPS) is 11.4. The van der Waals surface area contributed by atoms with E-state index >= 15 is 0 Å². The zero-order valence-corrected chi connectivity index (χ0v) is 10.5. The maximum absolute atomic E-state index is 13.3. The molecule has 0 unspecified atom stereocenters. The van der Waals surface area contributed by atoms with Gasteiger partial charge in [0.15, 0.2) is 0 Å². The van der Waals surface area contributed by atoms with Crippen molar-refractivity contribution in [3.05, 3.63) is 35.4 Å². The predicted molar refractivity (Wildman–Crippen MR) is 64.0 cm³/mol. The fourth-order valence-corrected chi connectivity index (χ4v) is 1.60. The number of nitrogens with one attached hydrogen (secondary N) is 1. The average Bonchev–Trinajstić information content (AvgIpc) is 2.21. The smallest absolute Gasteiger partial charge is 0.224 e. The molecule has 0 aliphatic rings. The highest BCUT2D eigenvalue weighted by Gasteiger charge is 2.20. The van der Waals surface area contributed by atoms with Gasteiger partial charge in [0.05, 0.1) is 6.42 Å².